The van der Waals surface area contributed by atoms with Gasteiger partial charge >= 0.3 is 10.1 Å². The zero-order chi connectivity index (χ0) is 22.6. The van der Waals surface area contributed by atoms with Crippen LogP contribution in [0.15, 0.2) is 105 Å². The molecule has 0 fully saturated rings. The second-order valence-corrected chi connectivity index (χ2v) is 9.22. The molecule has 0 aromatic heterocycles. The van der Waals surface area contributed by atoms with Crippen LogP contribution in [-0.4, -0.2) is 20.5 Å². The van der Waals surface area contributed by atoms with Crippen LogP contribution in [0.4, 0.5) is 0 Å². The molecule has 4 aromatic carbocycles. The Balaban J connectivity index is 1.57. The molecule has 0 radical (unpaired) electrons. The van der Waals surface area contributed by atoms with Crippen molar-refractivity contribution in [2.24, 2.45) is 5.10 Å². The lowest BCUT2D eigenvalue weighted by Crippen LogP contribution is -2.18. The molecule has 4 rings (SSSR count). The number of hydrazone groups is 1. The highest BCUT2D eigenvalue weighted by Gasteiger charge is 2.18. The number of hydrogen-bond donors (Lipinski definition) is 1. The van der Waals surface area contributed by atoms with Crippen LogP contribution in [0.1, 0.15) is 15.9 Å². The van der Waals surface area contributed by atoms with Crippen LogP contribution in [0, 0.1) is 0 Å². The second-order valence-electron chi connectivity index (χ2n) is 6.76. The van der Waals surface area contributed by atoms with Gasteiger partial charge in [0.15, 0.2) is 5.75 Å². The predicted molar refractivity (Wildman–Crippen MR) is 127 cm³/mol. The molecule has 0 saturated carbocycles. The zero-order valence-corrected chi connectivity index (χ0v) is 19.0. The van der Waals surface area contributed by atoms with Gasteiger partial charge in [-0.3, -0.25) is 4.79 Å². The third kappa shape index (κ3) is 4.87. The summed E-state index contributed by atoms with van der Waals surface area (Å²) in [5.41, 5.74) is 3.35. The summed E-state index contributed by atoms with van der Waals surface area (Å²) in [5, 5.41) is 5.76. The van der Waals surface area contributed by atoms with Crippen LogP contribution in [-0.2, 0) is 10.1 Å². The molecule has 0 aliphatic carbocycles. The van der Waals surface area contributed by atoms with Crippen molar-refractivity contribution in [3.63, 3.8) is 0 Å². The molecule has 0 aliphatic rings. The van der Waals surface area contributed by atoms with Crippen molar-refractivity contribution < 1.29 is 17.4 Å². The summed E-state index contributed by atoms with van der Waals surface area (Å²) in [5.74, 6) is -0.298. The van der Waals surface area contributed by atoms with Crippen LogP contribution in [0.3, 0.4) is 0 Å². The number of benzene rings is 4. The van der Waals surface area contributed by atoms with Gasteiger partial charge in [-0.2, -0.15) is 13.5 Å². The van der Waals surface area contributed by atoms with Gasteiger partial charge in [0.2, 0.25) is 0 Å². The summed E-state index contributed by atoms with van der Waals surface area (Å²) in [6, 6.07) is 25.7. The molecule has 0 aliphatic heterocycles. The van der Waals surface area contributed by atoms with E-state index in [2.05, 4.69) is 26.5 Å². The van der Waals surface area contributed by atoms with E-state index < -0.39 is 10.1 Å². The van der Waals surface area contributed by atoms with Crippen molar-refractivity contribution in [3.8, 4) is 5.75 Å². The Morgan fingerprint density at radius 3 is 2.44 bits per heavy atom. The predicted octanol–water partition coefficient (Wildman–Crippen LogP) is 5.13. The van der Waals surface area contributed by atoms with Crippen LogP contribution in [0.5, 0.6) is 5.75 Å². The van der Waals surface area contributed by atoms with E-state index in [-0.39, 0.29) is 16.6 Å². The van der Waals surface area contributed by atoms with E-state index >= 15 is 0 Å². The fourth-order valence-electron chi connectivity index (χ4n) is 3.09. The highest BCUT2D eigenvalue weighted by molar-refractivity contribution is 9.10. The normalized spacial score (nSPS) is 11.5. The Kier molecular flexibility index (Phi) is 6.34. The van der Waals surface area contributed by atoms with Gasteiger partial charge in [-0.15, -0.1) is 0 Å². The molecule has 160 valence electrons. The van der Waals surface area contributed by atoms with Crippen LogP contribution < -0.4 is 9.61 Å². The summed E-state index contributed by atoms with van der Waals surface area (Å²) in [7, 11) is -4.02. The van der Waals surface area contributed by atoms with Crippen molar-refractivity contribution in [2.45, 2.75) is 4.90 Å². The topological polar surface area (TPSA) is 84.8 Å². The third-order valence-corrected chi connectivity index (χ3v) is 6.35. The van der Waals surface area contributed by atoms with E-state index in [4.69, 9.17) is 4.18 Å². The molecule has 0 atom stereocenters. The Bertz CT molecular complexity index is 1420. The zero-order valence-electron chi connectivity index (χ0n) is 16.6. The maximum atomic E-state index is 12.7. The minimum atomic E-state index is -4.02. The maximum absolute atomic E-state index is 12.7. The number of carbonyl (C=O) groups is 1. The second kappa shape index (κ2) is 9.33. The molecule has 0 heterocycles. The summed E-state index contributed by atoms with van der Waals surface area (Å²) >= 11 is 3.35. The first kappa shape index (κ1) is 21.7. The van der Waals surface area contributed by atoms with Crippen molar-refractivity contribution in [1.82, 2.24) is 5.43 Å². The summed E-state index contributed by atoms with van der Waals surface area (Å²) in [4.78, 5) is 12.7. The van der Waals surface area contributed by atoms with Crippen LogP contribution in [0.25, 0.3) is 10.8 Å². The van der Waals surface area contributed by atoms with E-state index in [0.717, 1.165) is 10.8 Å². The fraction of sp³-hybridized carbons (Fsp3) is 0. The number of rotatable bonds is 6. The molecular weight excluding hydrogens is 492 g/mol. The highest BCUT2D eigenvalue weighted by atomic mass is 79.9. The monoisotopic (exact) mass is 508 g/mol. The highest BCUT2D eigenvalue weighted by Crippen LogP contribution is 2.25. The van der Waals surface area contributed by atoms with Gasteiger partial charge in [-0.1, -0.05) is 70.5 Å². The van der Waals surface area contributed by atoms with Crippen molar-refractivity contribution in [2.75, 3.05) is 0 Å². The molecular formula is C24H17BrN2O4S. The molecule has 0 bridgehead atoms. The van der Waals surface area contributed by atoms with Gasteiger partial charge in [0, 0.05) is 15.6 Å². The fourth-order valence-corrected chi connectivity index (χ4v) is 4.45. The first-order chi connectivity index (χ1) is 15.4. The Hall–Kier alpha value is -3.49. The van der Waals surface area contributed by atoms with Gasteiger partial charge in [0.05, 0.1) is 6.21 Å². The molecule has 0 unspecified atom stereocenters. The number of nitrogens with one attached hydrogen (secondary N) is 1. The summed E-state index contributed by atoms with van der Waals surface area (Å²) < 4.78 is 31.2. The summed E-state index contributed by atoms with van der Waals surface area (Å²) in [6.45, 7) is 0. The minimum absolute atomic E-state index is 0.0371. The minimum Gasteiger partial charge on any atom is -0.378 e. The largest absolute Gasteiger partial charge is 0.378 e. The van der Waals surface area contributed by atoms with E-state index in [1.54, 1.807) is 42.5 Å². The van der Waals surface area contributed by atoms with E-state index in [1.807, 2.05) is 30.3 Å². The third-order valence-electron chi connectivity index (χ3n) is 4.61. The lowest BCUT2D eigenvalue weighted by Gasteiger charge is -2.10. The lowest BCUT2D eigenvalue weighted by atomic mass is 10.0. The standard InChI is InChI=1S/C24H17BrN2O4S/c25-19-13-14-23(31-32(29,30)20-9-2-1-3-10-20)18(15-19)16-26-27-24(28)22-12-6-8-17-7-4-5-11-21(17)22/h1-16H,(H,27,28)/b26-16-. The first-order valence-corrected chi connectivity index (χ1v) is 11.7. The van der Waals surface area contributed by atoms with Gasteiger partial charge in [-0.25, -0.2) is 5.43 Å². The quantitative estimate of drug-likeness (QED) is 0.222. The average molecular weight is 509 g/mol. The first-order valence-electron chi connectivity index (χ1n) is 9.54. The molecule has 1 amide bonds. The Morgan fingerprint density at radius 2 is 1.62 bits per heavy atom. The van der Waals surface area contributed by atoms with Gasteiger partial charge < -0.3 is 4.18 Å². The van der Waals surface area contributed by atoms with Crippen molar-refractivity contribution in [3.05, 3.63) is 107 Å². The Labute approximate surface area is 193 Å². The van der Waals surface area contributed by atoms with Gasteiger partial charge in [0.1, 0.15) is 4.90 Å². The number of nitrogens with zero attached hydrogens (tertiary/aromatic N) is 1. The smallest absolute Gasteiger partial charge is 0.339 e. The lowest BCUT2D eigenvalue weighted by molar-refractivity contribution is 0.0956. The van der Waals surface area contributed by atoms with E-state index in [1.165, 1.54) is 24.4 Å². The van der Waals surface area contributed by atoms with E-state index in [0.29, 0.717) is 15.6 Å². The van der Waals surface area contributed by atoms with Crippen LogP contribution in [0.2, 0.25) is 0 Å². The summed E-state index contributed by atoms with van der Waals surface area (Å²) in [6.07, 6.45) is 1.34. The van der Waals surface area contributed by atoms with Crippen LogP contribution >= 0.6 is 15.9 Å². The van der Waals surface area contributed by atoms with E-state index in [9.17, 15) is 13.2 Å². The van der Waals surface area contributed by atoms with Gasteiger partial charge in [-0.05, 0) is 47.2 Å². The van der Waals surface area contributed by atoms with Gasteiger partial charge in [0.25, 0.3) is 5.91 Å². The molecule has 0 saturated heterocycles. The number of hydrogen-bond acceptors (Lipinski definition) is 5. The Morgan fingerprint density at radius 1 is 0.906 bits per heavy atom. The number of fused-ring (bicyclic) bond motifs is 1. The van der Waals surface area contributed by atoms with Crippen molar-refractivity contribution in [1.29, 1.82) is 0 Å². The number of halogens is 1. The molecule has 4 aromatic rings. The molecule has 6 nitrogen and oxygen atoms in total. The number of amides is 1. The number of carbonyl (C=O) groups excluding carboxylic acids is 1. The van der Waals surface area contributed by atoms with Crippen molar-refractivity contribution >= 4 is 48.9 Å². The molecule has 0 spiro atoms. The molecule has 1 N–H and O–H groups in total. The maximum Gasteiger partial charge on any atom is 0.339 e. The molecule has 32 heavy (non-hydrogen) atoms. The average Bonchev–Trinajstić information content (AvgIpc) is 2.81. The molecule has 8 heteroatoms. The SMILES string of the molecule is O=C(N/N=C\c1cc(Br)ccc1OS(=O)(=O)c1ccccc1)c1cccc2ccccc12.